The summed E-state index contributed by atoms with van der Waals surface area (Å²) in [6.07, 6.45) is 19.8. The molecule has 0 unspecified atom stereocenters. The molecule has 4 aliphatic carbocycles. The van der Waals surface area contributed by atoms with Gasteiger partial charge in [0.05, 0.1) is 0 Å². The molecule has 4 N–H and O–H groups in total. The third-order valence-electron chi connectivity index (χ3n) is 12.1. The fourth-order valence-corrected chi connectivity index (χ4v) is 9.87. The maximum Gasteiger partial charge on any atom is 0.407 e. The number of nitrogens with one attached hydrogen (secondary N) is 2. The van der Waals surface area contributed by atoms with Gasteiger partial charge in [-0.3, -0.25) is 0 Å². The van der Waals surface area contributed by atoms with Crippen molar-refractivity contribution in [3.63, 3.8) is 0 Å². The molecule has 0 aromatic rings. The van der Waals surface area contributed by atoms with Crippen molar-refractivity contribution >= 4 is 30.9 Å². The zero-order valence-corrected chi connectivity index (χ0v) is 29.2. The van der Waals surface area contributed by atoms with Crippen LogP contribution in [0.4, 0.5) is 4.79 Å². The third kappa shape index (κ3) is 8.82. The average molecular weight is 631 g/mol. The lowest BCUT2D eigenvalue weighted by atomic mass is 9.47. The van der Waals surface area contributed by atoms with Gasteiger partial charge >= 0.3 is 6.09 Å². The normalized spacial score (nSPS) is 34.2. The number of carbonyl (C=O) groups excluding carboxylic acids is 1. The van der Waals surface area contributed by atoms with Crippen molar-refractivity contribution in [1.82, 2.24) is 10.6 Å². The van der Waals surface area contributed by atoms with Crippen LogP contribution in [-0.4, -0.2) is 38.4 Å². The van der Waals surface area contributed by atoms with E-state index in [-0.39, 0.29) is 37.0 Å². The van der Waals surface area contributed by atoms with Crippen molar-refractivity contribution in [3.8, 4) is 0 Å². The minimum absolute atomic E-state index is 0. The van der Waals surface area contributed by atoms with E-state index in [9.17, 15) is 4.79 Å². The van der Waals surface area contributed by atoms with Crippen molar-refractivity contribution < 1.29 is 9.53 Å². The quantitative estimate of drug-likeness (QED) is 0.133. The van der Waals surface area contributed by atoms with Crippen molar-refractivity contribution in [1.29, 1.82) is 0 Å². The molecule has 0 heterocycles. The summed E-state index contributed by atoms with van der Waals surface area (Å²) in [7, 11) is 0. The first-order chi connectivity index (χ1) is 19.2. The minimum Gasteiger partial charge on any atom is -0.446 e. The number of carbonyl (C=O) groups is 1. The number of halogens is 2. The van der Waals surface area contributed by atoms with E-state index in [0.717, 1.165) is 87.2 Å². The first-order valence-corrected chi connectivity index (χ1v) is 17.2. The second kappa shape index (κ2) is 17.3. The van der Waals surface area contributed by atoms with Gasteiger partial charge in [0.25, 0.3) is 0 Å². The number of nitrogens with two attached hydrogens (primary N) is 1. The fraction of sp³-hybridized carbons (Fsp3) is 0.914. The summed E-state index contributed by atoms with van der Waals surface area (Å²) in [6, 6.07) is 0. The van der Waals surface area contributed by atoms with Crippen LogP contribution in [0.5, 0.6) is 0 Å². The van der Waals surface area contributed by atoms with Gasteiger partial charge in [-0.15, -0.1) is 24.8 Å². The number of hydrogen-bond donors (Lipinski definition) is 3. The molecule has 0 aliphatic heterocycles. The van der Waals surface area contributed by atoms with Gasteiger partial charge in [0, 0.05) is 13.0 Å². The van der Waals surface area contributed by atoms with E-state index in [4.69, 9.17) is 10.5 Å². The van der Waals surface area contributed by atoms with Gasteiger partial charge in [-0.2, -0.15) is 0 Å². The van der Waals surface area contributed by atoms with E-state index < -0.39 is 0 Å². The van der Waals surface area contributed by atoms with Crippen molar-refractivity contribution in [3.05, 3.63) is 11.6 Å². The smallest absolute Gasteiger partial charge is 0.407 e. The van der Waals surface area contributed by atoms with E-state index in [0.29, 0.717) is 17.4 Å². The SMILES string of the molecule is CC(C)CCC[C@@H](C)[C@H]1CC[C@H]2[C@@H]3CC=C4C[C@@H](OC(=O)NCCCNCCCCN)CC[C@]4(C)[C@H]3CC[C@]12C.Cl.Cl. The summed E-state index contributed by atoms with van der Waals surface area (Å²) < 4.78 is 5.93. The maximum atomic E-state index is 12.5. The van der Waals surface area contributed by atoms with Crippen molar-refractivity contribution in [2.45, 2.75) is 131 Å². The topological polar surface area (TPSA) is 76.4 Å². The molecular weight excluding hydrogens is 565 g/mol. The first kappa shape index (κ1) is 37.7. The number of rotatable bonds is 14. The van der Waals surface area contributed by atoms with E-state index >= 15 is 0 Å². The van der Waals surface area contributed by atoms with Crippen molar-refractivity contribution in [2.75, 3.05) is 26.2 Å². The predicted molar refractivity (Wildman–Crippen MR) is 182 cm³/mol. The molecule has 0 radical (unpaired) electrons. The highest BCUT2D eigenvalue weighted by atomic mass is 35.5. The molecule has 1 amide bonds. The molecule has 246 valence electrons. The largest absolute Gasteiger partial charge is 0.446 e. The Hall–Kier alpha value is -0.490. The molecule has 42 heavy (non-hydrogen) atoms. The summed E-state index contributed by atoms with van der Waals surface area (Å²) in [6.45, 7) is 15.9. The molecule has 0 aromatic carbocycles. The Labute approximate surface area is 270 Å². The summed E-state index contributed by atoms with van der Waals surface area (Å²) in [5.74, 6) is 5.18. The summed E-state index contributed by atoms with van der Waals surface area (Å²) in [5, 5.41) is 6.39. The Kier molecular flexibility index (Phi) is 15.5. The highest BCUT2D eigenvalue weighted by Crippen LogP contribution is 2.67. The zero-order chi connectivity index (χ0) is 28.8. The maximum absolute atomic E-state index is 12.5. The van der Waals surface area contributed by atoms with Crippen LogP contribution in [0.25, 0.3) is 0 Å². The Bertz CT molecular complexity index is 854. The predicted octanol–water partition coefficient (Wildman–Crippen LogP) is 8.68. The minimum atomic E-state index is -0.237. The molecule has 7 heteroatoms. The molecule has 3 saturated carbocycles. The van der Waals surface area contributed by atoms with Crippen LogP contribution >= 0.6 is 24.8 Å². The number of ether oxygens (including phenoxy) is 1. The second-order valence-corrected chi connectivity index (χ2v) is 15.1. The van der Waals surface area contributed by atoms with Gasteiger partial charge < -0.3 is 21.1 Å². The molecule has 8 atom stereocenters. The molecule has 0 aromatic heterocycles. The molecule has 0 saturated heterocycles. The Morgan fingerprint density at radius 1 is 0.952 bits per heavy atom. The van der Waals surface area contributed by atoms with E-state index in [2.05, 4.69) is 51.3 Å². The molecule has 0 bridgehead atoms. The molecule has 5 nitrogen and oxygen atoms in total. The molecule has 3 fully saturated rings. The van der Waals surface area contributed by atoms with Crippen LogP contribution in [0, 0.1) is 46.3 Å². The number of alkyl carbamates (subject to hydrolysis) is 1. The number of allylic oxidation sites excluding steroid dienone is 1. The summed E-state index contributed by atoms with van der Waals surface area (Å²) >= 11 is 0. The van der Waals surface area contributed by atoms with Gasteiger partial charge in [-0.25, -0.2) is 4.79 Å². The molecule has 4 aliphatic rings. The van der Waals surface area contributed by atoms with Gasteiger partial charge in [-0.05, 0) is 130 Å². The van der Waals surface area contributed by atoms with Crippen molar-refractivity contribution in [2.24, 2.45) is 52.1 Å². The molecular formula is C35H65Cl2N3O2. The zero-order valence-electron chi connectivity index (χ0n) is 27.6. The van der Waals surface area contributed by atoms with E-state index in [1.165, 1.54) is 57.8 Å². The van der Waals surface area contributed by atoms with Crippen LogP contribution in [0.3, 0.4) is 0 Å². The lowest BCUT2D eigenvalue weighted by Gasteiger charge is -2.58. The van der Waals surface area contributed by atoms with E-state index in [1.54, 1.807) is 5.57 Å². The monoisotopic (exact) mass is 629 g/mol. The Morgan fingerprint density at radius 2 is 1.71 bits per heavy atom. The molecule has 4 rings (SSSR count). The van der Waals surface area contributed by atoms with Crippen LogP contribution in [-0.2, 0) is 4.74 Å². The number of hydrogen-bond acceptors (Lipinski definition) is 4. The van der Waals surface area contributed by atoms with Crippen LogP contribution in [0.2, 0.25) is 0 Å². The lowest BCUT2D eigenvalue weighted by Crippen LogP contribution is -2.51. The summed E-state index contributed by atoms with van der Waals surface area (Å²) in [5.41, 5.74) is 7.98. The standard InChI is InChI=1S/C35H63N3O2.2ClH/c1-25(2)10-8-11-26(3)30-14-15-31-29-13-12-27-24-28(16-18-34(27,4)32(29)17-19-35(30,31)5)40-33(39)38-23-9-22-37-21-7-6-20-36;;/h12,25-26,28-32,37H,6-11,13-24,36H2,1-5H3,(H,38,39);2*1H/t26-,28+,29+,30-,31+,32+,34+,35-;;/m1../s1. The van der Waals surface area contributed by atoms with E-state index in [1.807, 2.05) is 0 Å². The summed E-state index contributed by atoms with van der Waals surface area (Å²) in [4.78, 5) is 12.5. The highest BCUT2D eigenvalue weighted by Gasteiger charge is 2.59. The van der Waals surface area contributed by atoms with Crippen LogP contribution in [0.1, 0.15) is 125 Å². The number of fused-ring (bicyclic) bond motifs is 5. The van der Waals surface area contributed by atoms with Gasteiger partial charge in [0.2, 0.25) is 0 Å². The average Bonchev–Trinajstić information content (AvgIpc) is 3.27. The fourth-order valence-electron chi connectivity index (χ4n) is 9.87. The van der Waals surface area contributed by atoms with Crippen LogP contribution in [0.15, 0.2) is 11.6 Å². The highest BCUT2D eigenvalue weighted by molar-refractivity contribution is 5.85. The third-order valence-corrected chi connectivity index (χ3v) is 12.1. The van der Waals surface area contributed by atoms with Crippen LogP contribution < -0.4 is 16.4 Å². The second-order valence-electron chi connectivity index (χ2n) is 15.1. The lowest BCUT2D eigenvalue weighted by molar-refractivity contribution is -0.0581. The Balaban J connectivity index is 0.00000308. The van der Waals surface area contributed by atoms with Gasteiger partial charge in [0.1, 0.15) is 6.10 Å². The Morgan fingerprint density at radius 3 is 2.45 bits per heavy atom. The van der Waals surface area contributed by atoms with Gasteiger partial charge in [-0.1, -0.05) is 65.5 Å². The first-order valence-electron chi connectivity index (χ1n) is 17.2. The number of unbranched alkanes of at least 4 members (excludes halogenated alkanes) is 1. The molecule has 0 spiro atoms. The van der Waals surface area contributed by atoms with Gasteiger partial charge in [0.15, 0.2) is 0 Å². The number of amides is 1.